The van der Waals surface area contributed by atoms with Gasteiger partial charge < -0.3 is 4.57 Å². The lowest BCUT2D eigenvalue weighted by Gasteiger charge is -2.15. The Labute approximate surface area is 328 Å². The summed E-state index contributed by atoms with van der Waals surface area (Å²) in [6.07, 6.45) is 0.944. The van der Waals surface area contributed by atoms with Crippen molar-refractivity contribution >= 4 is 65.7 Å². The van der Waals surface area contributed by atoms with Crippen LogP contribution in [0.25, 0.3) is 99.7 Å². The second-order valence-corrected chi connectivity index (χ2v) is 15.3. The first-order valence-corrected chi connectivity index (χ1v) is 19.6. The summed E-state index contributed by atoms with van der Waals surface area (Å²) >= 11 is 0. The first-order valence-electron chi connectivity index (χ1n) is 19.6. The van der Waals surface area contributed by atoms with E-state index in [2.05, 4.69) is 185 Å². The number of para-hydroxylation sites is 3. The van der Waals surface area contributed by atoms with Crippen molar-refractivity contribution in [3.05, 3.63) is 204 Å². The van der Waals surface area contributed by atoms with Gasteiger partial charge in [-0.3, -0.25) is 4.57 Å². The van der Waals surface area contributed by atoms with E-state index in [0.29, 0.717) is 5.82 Å². The number of benzene rings is 8. The summed E-state index contributed by atoms with van der Waals surface area (Å²) in [5.41, 5.74) is 18.0. The highest BCUT2D eigenvalue weighted by Gasteiger charge is 2.31. The zero-order valence-corrected chi connectivity index (χ0v) is 30.8. The van der Waals surface area contributed by atoms with Crippen LogP contribution in [0.1, 0.15) is 22.3 Å². The number of allylic oxidation sites excluding steroid dienone is 1. The third-order valence-electron chi connectivity index (χ3n) is 12.3. The first-order chi connectivity index (χ1) is 28.3. The predicted octanol–water partition coefficient (Wildman–Crippen LogP) is 13.0. The third kappa shape index (κ3) is 4.27. The van der Waals surface area contributed by atoms with E-state index in [1.165, 1.54) is 66.1 Å². The maximum absolute atomic E-state index is 5.54. The number of aromatic nitrogens is 4. The number of hydrogen-bond acceptors (Lipinski definition) is 2. The highest BCUT2D eigenvalue weighted by atomic mass is 15.1. The number of hydrogen-bond donors (Lipinski definition) is 0. The fraction of sp³-hybridized carbons (Fsp3) is 0.0189. The van der Waals surface area contributed by atoms with Crippen LogP contribution >= 0.6 is 0 Å². The summed E-state index contributed by atoms with van der Waals surface area (Å²) in [6.45, 7) is 0. The van der Waals surface area contributed by atoms with Crippen LogP contribution in [-0.2, 0) is 6.42 Å². The Morgan fingerprint density at radius 3 is 1.93 bits per heavy atom. The van der Waals surface area contributed by atoms with Crippen molar-refractivity contribution in [2.45, 2.75) is 6.42 Å². The van der Waals surface area contributed by atoms with Crippen LogP contribution in [0, 0.1) is 0 Å². The number of nitrogens with zero attached hydrogens (tertiary/aromatic N) is 4. The smallest absolute Gasteiger partial charge is 0.166 e. The quantitative estimate of drug-likeness (QED) is 0.181. The molecule has 13 rings (SSSR count). The maximum Gasteiger partial charge on any atom is 0.166 e. The van der Waals surface area contributed by atoms with Gasteiger partial charge in [0.25, 0.3) is 0 Å². The standard InChI is InChI=1S/C53H32N4/c1-3-13-33(14-4-1)52-54-50-42-20-8-10-24-46(42)56(37-17-5-2-6-18-37)51(50)53(55-52)57-45-23-9-7-19-39(45)40-28-26-35(31-47(40)57)34-25-27-38-36(29-34)30-44-41-21-11-15-32-16-12-22-43(48(32)41)49(38)44/h1-29,31H,30H2. The Kier molecular flexibility index (Phi) is 6.19. The van der Waals surface area contributed by atoms with E-state index >= 15 is 0 Å². The molecule has 0 saturated carbocycles. The van der Waals surface area contributed by atoms with Crippen molar-refractivity contribution in [2.75, 3.05) is 0 Å². The Hall–Kier alpha value is -7.56. The molecule has 2 aliphatic rings. The molecule has 0 atom stereocenters. The topological polar surface area (TPSA) is 35.6 Å². The lowest BCUT2D eigenvalue weighted by Crippen LogP contribution is -2.05. The second-order valence-electron chi connectivity index (χ2n) is 15.3. The molecule has 0 N–H and O–H groups in total. The minimum Gasteiger partial charge on any atom is -0.305 e. The molecular formula is C53H32N4. The Bertz CT molecular complexity index is 3530. The van der Waals surface area contributed by atoms with E-state index in [-0.39, 0.29) is 0 Å². The molecule has 0 fully saturated rings. The summed E-state index contributed by atoms with van der Waals surface area (Å²) in [7, 11) is 0. The molecule has 0 spiro atoms. The monoisotopic (exact) mass is 724 g/mol. The second kappa shape index (κ2) is 11.5. The van der Waals surface area contributed by atoms with Gasteiger partial charge in [0.1, 0.15) is 11.0 Å². The van der Waals surface area contributed by atoms with Gasteiger partial charge in [-0.15, -0.1) is 0 Å². The van der Waals surface area contributed by atoms with Crippen molar-refractivity contribution in [2.24, 2.45) is 0 Å². The van der Waals surface area contributed by atoms with Crippen LogP contribution < -0.4 is 0 Å². The van der Waals surface area contributed by atoms with E-state index in [4.69, 9.17) is 9.97 Å². The molecule has 4 heteroatoms. The molecule has 3 heterocycles. The van der Waals surface area contributed by atoms with Gasteiger partial charge in [0, 0.05) is 27.4 Å². The highest BCUT2D eigenvalue weighted by molar-refractivity contribution is 6.20. The van der Waals surface area contributed by atoms with Crippen LogP contribution in [0.2, 0.25) is 0 Å². The van der Waals surface area contributed by atoms with Gasteiger partial charge in [-0.1, -0.05) is 152 Å². The van der Waals surface area contributed by atoms with Gasteiger partial charge in [0.15, 0.2) is 11.6 Å². The van der Waals surface area contributed by atoms with Crippen LogP contribution in [0.3, 0.4) is 0 Å². The molecule has 2 aliphatic carbocycles. The molecule has 3 aromatic heterocycles. The van der Waals surface area contributed by atoms with Crippen molar-refractivity contribution in [3.63, 3.8) is 0 Å². The molecule has 0 radical (unpaired) electrons. The predicted molar refractivity (Wildman–Crippen MR) is 235 cm³/mol. The summed E-state index contributed by atoms with van der Waals surface area (Å²) in [5.74, 6) is 1.55. The normalized spacial score (nSPS) is 13.1. The number of fused-ring (bicyclic) bond motifs is 10. The van der Waals surface area contributed by atoms with Crippen molar-refractivity contribution in [1.82, 2.24) is 19.1 Å². The van der Waals surface area contributed by atoms with Gasteiger partial charge in [-0.05, 0) is 92.1 Å². The molecule has 11 aromatic rings. The van der Waals surface area contributed by atoms with Crippen LogP contribution in [-0.4, -0.2) is 19.1 Å². The first kappa shape index (κ1) is 30.7. The molecule has 0 bridgehead atoms. The molecule has 8 aromatic carbocycles. The summed E-state index contributed by atoms with van der Waals surface area (Å²) < 4.78 is 4.72. The zero-order chi connectivity index (χ0) is 37.2. The Morgan fingerprint density at radius 2 is 1.11 bits per heavy atom. The SMILES string of the molecule is c1ccc(-c2nc(-n3c4ccccc4c4ccc(-c5ccc6c(c5)CC5=C6c6cccc7cccc5c67)cc43)c3c(n2)c2ccccc2n3-c2ccccc2)cc1. The van der Waals surface area contributed by atoms with Crippen LogP contribution in [0.4, 0.5) is 0 Å². The van der Waals surface area contributed by atoms with Crippen molar-refractivity contribution < 1.29 is 0 Å². The largest absolute Gasteiger partial charge is 0.305 e. The van der Waals surface area contributed by atoms with Gasteiger partial charge in [0.2, 0.25) is 0 Å². The Balaban J connectivity index is 1.06. The third-order valence-corrected chi connectivity index (χ3v) is 12.3. The fourth-order valence-electron chi connectivity index (χ4n) is 9.86. The van der Waals surface area contributed by atoms with E-state index in [1.807, 2.05) is 6.07 Å². The molecule has 4 nitrogen and oxygen atoms in total. The average molecular weight is 725 g/mol. The molecule has 0 unspecified atom stereocenters. The van der Waals surface area contributed by atoms with E-state index < -0.39 is 0 Å². The van der Waals surface area contributed by atoms with Crippen molar-refractivity contribution in [3.8, 4) is 34.0 Å². The van der Waals surface area contributed by atoms with E-state index in [9.17, 15) is 0 Å². The highest BCUT2D eigenvalue weighted by Crippen LogP contribution is 2.52. The van der Waals surface area contributed by atoms with Gasteiger partial charge in [-0.2, -0.15) is 0 Å². The Morgan fingerprint density at radius 1 is 0.439 bits per heavy atom. The average Bonchev–Trinajstić information content (AvgIpc) is 4.01. The molecule has 0 aliphatic heterocycles. The van der Waals surface area contributed by atoms with Crippen molar-refractivity contribution in [1.29, 1.82) is 0 Å². The molecule has 0 amide bonds. The molecule has 57 heavy (non-hydrogen) atoms. The maximum atomic E-state index is 5.54. The molecular weight excluding hydrogens is 693 g/mol. The van der Waals surface area contributed by atoms with E-state index in [0.717, 1.165) is 56.5 Å². The van der Waals surface area contributed by atoms with Gasteiger partial charge in [0.05, 0.1) is 16.6 Å². The molecule has 0 saturated heterocycles. The summed E-state index contributed by atoms with van der Waals surface area (Å²) in [4.78, 5) is 10.9. The van der Waals surface area contributed by atoms with Gasteiger partial charge >= 0.3 is 0 Å². The zero-order valence-electron chi connectivity index (χ0n) is 30.8. The van der Waals surface area contributed by atoms with Crippen LogP contribution in [0.5, 0.6) is 0 Å². The minimum absolute atomic E-state index is 0.701. The number of rotatable bonds is 4. The minimum atomic E-state index is 0.701. The van der Waals surface area contributed by atoms with E-state index in [1.54, 1.807) is 0 Å². The summed E-state index contributed by atoms with van der Waals surface area (Å²) in [5, 5.41) is 6.20. The van der Waals surface area contributed by atoms with Gasteiger partial charge in [-0.25, -0.2) is 9.97 Å². The van der Waals surface area contributed by atoms with Crippen LogP contribution in [0.15, 0.2) is 182 Å². The lowest BCUT2D eigenvalue weighted by atomic mass is 9.93. The summed E-state index contributed by atoms with van der Waals surface area (Å²) in [6, 6.07) is 65.8. The lowest BCUT2D eigenvalue weighted by molar-refractivity contribution is 1.05. The fourth-order valence-corrected chi connectivity index (χ4v) is 9.86. The molecule has 264 valence electrons.